The van der Waals surface area contributed by atoms with E-state index in [1.807, 2.05) is 19.1 Å². The van der Waals surface area contributed by atoms with Crippen molar-refractivity contribution in [1.82, 2.24) is 0 Å². The van der Waals surface area contributed by atoms with Crippen molar-refractivity contribution in [3.63, 3.8) is 0 Å². The summed E-state index contributed by atoms with van der Waals surface area (Å²) < 4.78 is 26.1. The summed E-state index contributed by atoms with van der Waals surface area (Å²) in [7, 11) is -3.16. The lowest BCUT2D eigenvalue weighted by molar-refractivity contribution is 0.585. The molecule has 5 heteroatoms. The van der Waals surface area contributed by atoms with Gasteiger partial charge in [-0.2, -0.15) is 0 Å². The summed E-state index contributed by atoms with van der Waals surface area (Å²) in [5, 5.41) is 0. The number of hydrogen-bond donors (Lipinski definition) is 1. The van der Waals surface area contributed by atoms with Crippen LogP contribution in [0.15, 0.2) is 18.2 Å². The zero-order chi connectivity index (χ0) is 13.9. The first-order chi connectivity index (χ1) is 9.08. The van der Waals surface area contributed by atoms with Crippen LogP contribution in [-0.2, 0) is 22.9 Å². The van der Waals surface area contributed by atoms with Gasteiger partial charge in [-0.1, -0.05) is 19.1 Å². The maximum Gasteiger partial charge on any atom is 0.235 e. The molecule has 0 aromatic heterocycles. The summed E-state index contributed by atoms with van der Waals surface area (Å²) >= 11 is 0. The average Bonchev–Trinajstić information content (AvgIpc) is 2.38. The van der Waals surface area contributed by atoms with E-state index in [0.29, 0.717) is 19.5 Å². The molecule has 0 saturated heterocycles. The van der Waals surface area contributed by atoms with E-state index in [1.54, 1.807) is 4.31 Å². The fourth-order valence-corrected chi connectivity index (χ4v) is 4.22. The lowest BCUT2D eigenvalue weighted by Crippen LogP contribution is -2.37. The Bertz CT molecular complexity index is 540. The topological polar surface area (TPSA) is 63.4 Å². The number of benzene rings is 1. The molecule has 4 nitrogen and oxygen atoms in total. The second-order valence-corrected chi connectivity index (χ2v) is 7.01. The van der Waals surface area contributed by atoms with E-state index in [9.17, 15) is 8.42 Å². The van der Waals surface area contributed by atoms with Gasteiger partial charge in [-0.25, -0.2) is 8.42 Å². The maximum absolute atomic E-state index is 12.3. The van der Waals surface area contributed by atoms with Gasteiger partial charge in [-0.15, -0.1) is 0 Å². The van der Waals surface area contributed by atoms with Gasteiger partial charge in [-0.3, -0.25) is 4.31 Å². The third-order valence-electron chi connectivity index (χ3n) is 3.45. The van der Waals surface area contributed by atoms with Crippen molar-refractivity contribution < 1.29 is 8.42 Å². The molecule has 1 aliphatic heterocycles. The quantitative estimate of drug-likeness (QED) is 0.893. The number of fused-ring (bicyclic) bond motifs is 1. The van der Waals surface area contributed by atoms with Crippen LogP contribution in [0, 0.1) is 0 Å². The first-order valence-corrected chi connectivity index (χ1v) is 8.51. The number of rotatable bonds is 5. The smallest absolute Gasteiger partial charge is 0.235 e. The minimum atomic E-state index is -3.16. The van der Waals surface area contributed by atoms with Crippen molar-refractivity contribution in [2.75, 3.05) is 23.1 Å². The molecule has 0 saturated carbocycles. The number of anilines is 1. The Labute approximate surface area is 115 Å². The third-order valence-corrected chi connectivity index (χ3v) is 5.43. The lowest BCUT2D eigenvalue weighted by Gasteiger charge is -2.30. The van der Waals surface area contributed by atoms with Gasteiger partial charge >= 0.3 is 0 Å². The summed E-state index contributed by atoms with van der Waals surface area (Å²) in [5.41, 5.74) is 8.75. The molecule has 0 amide bonds. The Balaban J connectivity index is 2.35. The molecule has 106 valence electrons. The standard InChI is InChI=1S/C14H22N2O2S/c1-2-10-19(17,18)16-9-3-4-13-11-12(7-8-15)5-6-14(13)16/h5-6,11H,2-4,7-10,15H2,1H3. The second kappa shape index (κ2) is 5.92. The molecule has 0 atom stereocenters. The van der Waals surface area contributed by atoms with Crippen LogP contribution < -0.4 is 10.0 Å². The molecule has 2 rings (SSSR count). The number of nitrogens with zero attached hydrogens (tertiary/aromatic N) is 1. The molecule has 0 unspecified atom stereocenters. The van der Waals surface area contributed by atoms with Crippen molar-refractivity contribution >= 4 is 15.7 Å². The van der Waals surface area contributed by atoms with Crippen molar-refractivity contribution in [2.45, 2.75) is 32.6 Å². The summed E-state index contributed by atoms with van der Waals surface area (Å²) in [6.07, 6.45) is 3.34. The highest BCUT2D eigenvalue weighted by Crippen LogP contribution is 2.30. The molecule has 19 heavy (non-hydrogen) atoms. The van der Waals surface area contributed by atoms with Crippen LogP contribution in [0.4, 0.5) is 5.69 Å². The molecule has 0 fully saturated rings. The summed E-state index contributed by atoms with van der Waals surface area (Å²) in [6.45, 7) is 3.12. The highest BCUT2D eigenvalue weighted by atomic mass is 32.2. The predicted octanol–water partition coefficient (Wildman–Crippen LogP) is 1.68. The van der Waals surface area contributed by atoms with Crippen LogP contribution in [0.2, 0.25) is 0 Å². The van der Waals surface area contributed by atoms with Crippen LogP contribution in [-0.4, -0.2) is 27.3 Å². The molecule has 0 aliphatic carbocycles. The van der Waals surface area contributed by atoms with Gasteiger partial charge in [0.25, 0.3) is 0 Å². The van der Waals surface area contributed by atoms with Crippen molar-refractivity contribution in [3.8, 4) is 0 Å². The number of sulfonamides is 1. The lowest BCUT2D eigenvalue weighted by atomic mass is 9.99. The average molecular weight is 282 g/mol. The molecule has 1 aromatic carbocycles. The van der Waals surface area contributed by atoms with Gasteiger partial charge in [0.05, 0.1) is 11.4 Å². The Kier molecular flexibility index (Phi) is 4.47. The molecular weight excluding hydrogens is 260 g/mol. The highest BCUT2D eigenvalue weighted by Gasteiger charge is 2.26. The molecule has 1 aliphatic rings. The van der Waals surface area contributed by atoms with E-state index in [1.165, 1.54) is 5.56 Å². The first kappa shape index (κ1) is 14.3. The third kappa shape index (κ3) is 3.09. The zero-order valence-corrected chi connectivity index (χ0v) is 12.2. The minimum Gasteiger partial charge on any atom is -0.330 e. The Morgan fingerprint density at radius 1 is 1.37 bits per heavy atom. The van der Waals surface area contributed by atoms with E-state index in [-0.39, 0.29) is 5.75 Å². The minimum absolute atomic E-state index is 0.219. The van der Waals surface area contributed by atoms with Crippen LogP contribution in [0.25, 0.3) is 0 Å². The van der Waals surface area contributed by atoms with Crippen LogP contribution in [0.3, 0.4) is 0 Å². The van der Waals surface area contributed by atoms with Gasteiger partial charge in [0, 0.05) is 6.54 Å². The van der Waals surface area contributed by atoms with Crippen LogP contribution >= 0.6 is 0 Å². The summed E-state index contributed by atoms with van der Waals surface area (Å²) in [5.74, 6) is 0.219. The maximum atomic E-state index is 12.3. The summed E-state index contributed by atoms with van der Waals surface area (Å²) in [6, 6.07) is 6.04. The van der Waals surface area contributed by atoms with Gasteiger partial charge in [-0.05, 0) is 49.4 Å². The summed E-state index contributed by atoms with van der Waals surface area (Å²) in [4.78, 5) is 0. The van der Waals surface area contributed by atoms with E-state index in [0.717, 1.165) is 30.5 Å². The van der Waals surface area contributed by atoms with E-state index in [2.05, 4.69) is 6.07 Å². The Morgan fingerprint density at radius 3 is 2.84 bits per heavy atom. The van der Waals surface area contributed by atoms with E-state index >= 15 is 0 Å². The van der Waals surface area contributed by atoms with Crippen molar-refractivity contribution in [2.24, 2.45) is 5.73 Å². The largest absolute Gasteiger partial charge is 0.330 e. The molecule has 0 spiro atoms. The predicted molar refractivity (Wildman–Crippen MR) is 78.9 cm³/mol. The van der Waals surface area contributed by atoms with E-state index in [4.69, 9.17) is 5.73 Å². The van der Waals surface area contributed by atoms with Crippen molar-refractivity contribution in [1.29, 1.82) is 0 Å². The Morgan fingerprint density at radius 2 is 2.16 bits per heavy atom. The first-order valence-electron chi connectivity index (χ1n) is 6.90. The van der Waals surface area contributed by atoms with Crippen molar-refractivity contribution in [3.05, 3.63) is 29.3 Å². The number of nitrogens with two attached hydrogens (primary N) is 1. The fourth-order valence-electron chi connectivity index (χ4n) is 2.60. The van der Waals surface area contributed by atoms with Gasteiger partial charge in [0.1, 0.15) is 0 Å². The number of aryl methyl sites for hydroxylation is 1. The molecule has 0 bridgehead atoms. The monoisotopic (exact) mass is 282 g/mol. The number of hydrogen-bond acceptors (Lipinski definition) is 3. The highest BCUT2D eigenvalue weighted by molar-refractivity contribution is 7.92. The van der Waals surface area contributed by atoms with E-state index < -0.39 is 10.0 Å². The molecule has 1 heterocycles. The fraction of sp³-hybridized carbons (Fsp3) is 0.571. The molecule has 0 radical (unpaired) electrons. The van der Waals surface area contributed by atoms with Gasteiger partial charge in [0.15, 0.2) is 0 Å². The zero-order valence-electron chi connectivity index (χ0n) is 11.4. The molecule has 2 N–H and O–H groups in total. The van der Waals surface area contributed by atoms with Crippen LogP contribution in [0.5, 0.6) is 0 Å². The Hall–Kier alpha value is -1.07. The van der Waals surface area contributed by atoms with Crippen LogP contribution in [0.1, 0.15) is 30.9 Å². The SMILES string of the molecule is CCCS(=O)(=O)N1CCCc2cc(CCN)ccc21. The molecule has 1 aromatic rings. The normalized spacial score (nSPS) is 15.4. The van der Waals surface area contributed by atoms with Gasteiger partial charge < -0.3 is 5.73 Å². The van der Waals surface area contributed by atoms with Gasteiger partial charge in [0.2, 0.25) is 10.0 Å². The second-order valence-electron chi connectivity index (χ2n) is 4.99. The molecular formula is C14H22N2O2S.